The molecule has 2 amide bonds. The minimum Gasteiger partial charge on any atom is -0.493 e. The number of aryl methyl sites for hydroxylation is 1. The highest BCUT2D eigenvalue weighted by atomic mass is 32.1. The minimum absolute atomic E-state index is 0.0292. The lowest BCUT2D eigenvalue weighted by Crippen LogP contribution is -2.48. The van der Waals surface area contributed by atoms with Crippen LogP contribution in [0.1, 0.15) is 40.8 Å². The Labute approximate surface area is 205 Å². The number of carbonyl (C=O) groups is 2. The Hall–Kier alpha value is -2.65. The molecule has 0 N–H and O–H groups in total. The van der Waals surface area contributed by atoms with Gasteiger partial charge in [0.1, 0.15) is 11.4 Å². The van der Waals surface area contributed by atoms with Gasteiger partial charge >= 0.3 is 6.09 Å². The van der Waals surface area contributed by atoms with Crippen LogP contribution in [0.25, 0.3) is 0 Å². The second kappa shape index (κ2) is 11.7. The molecule has 34 heavy (non-hydrogen) atoms. The lowest BCUT2D eigenvalue weighted by Gasteiger charge is -2.34. The van der Waals surface area contributed by atoms with Gasteiger partial charge < -0.3 is 19.3 Å². The van der Waals surface area contributed by atoms with Crippen LogP contribution in [0.5, 0.6) is 5.75 Å². The van der Waals surface area contributed by atoms with Gasteiger partial charge in [0.2, 0.25) is 0 Å². The Balaban J connectivity index is 1.20. The second-order valence-corrected chi connectivity index (χ2v) is 9.99. The normalized spacial score (nSPS) is 19.2. The van der Waals surface area contributed by atoms with Crippen LogP contribution < -0.4 is 4.74 Å². The maximum Gasteiger partial charge on any atom is 0.409 e. The van der Waals surface area contributed by atoms with Crippen molar-refractivity contribution in [1.82, 2.24) is 19.7 Å². The van der Waals surface area contributed by atoms with Crippen LogP contribution in [0.4, 0.5) is 4.79 Å². The highest BCUT2D eigenvalue weighted by Gasteiger charge is 2.26. The molecule has 4 rings (SSSR count). The minimum atomic E-state index is -0.215. The third kappa shape index (κ3) is 6.48. The molecule has 2 aromatic rings. The zero-order valence-electron chi connectivity index (χ0n) is 20.1. The lowest BCUT2D eigenvalue weighted by molar-refractivity contribution is 0.0627. The van der Waals surface area contributed by atoms with E-state index in [1.165, 1.54) is 16.9 Å². The number of rotatable bonds is 7. The van der Waals surface area contributed by atoms with Crippen LogP contribution in [-0.4, -0.2) is 84.2 Å². The molecule has 2 fully saturated rings. The zero-order chi connectivity index (χ0) is 23.9. The lowest BCUT2D eigenvalue weighted by atomic mass is 9.98. The molecule has 2 aliphatic heterocycles. The number of nitrogens with zero attached hydrogens (tertiary/aromatic N) is 4. The molecule has 2 saturated heterocycles. The molecule has 0 radical (unpaired) electrons. The quantitative estimate of drug-likeness (QED) is 0.595. The van der Waals surface area contributed by atoms with Crippen LogP contribution in [0.15, 0.2) is 29.6 Å². The van der Waals surface area contributed by atoms with E-state index in [1.807, 2.05) is 36.3 Å². The van der Waals surface area contributed by atoms with E-state index < -0.39 is 0 Å². The fourth-order valence-electron chi connectivity index (χ4n) is 4.48. The predicted octanol–water partition coefficient (Wildman–Crippen LogP) is 3.66. The van der Waals surface area contributed by atoms with Crippen LogP contribution in [-0.2, 0) is 11.3 Å². The summed E-state index contributed by atoms with van der Waals surface area (Å²) in [6, 6.07) is 8.25. The van der Waals surface area contributed by atoms with E-state index in [0.717, 1.165) is 49.8 Å². The Kier molecular flexibility index (Phi) is 8.39. The number of benzene rings is 1. The van der Waals surface area contributed by atoms with E-state index in [0.29, 0.717) is 44.5 Å². The molecule has 184 valence electrons. The zero-order valence-corrected chi connectivity index (χ0v) is 20.9. The van der Waals surface area contributed by atoms with E-state index in [2.05, 4.69) is 22.0 Å². The summed E-state index contributed by atoms with van der Waals surface area (Å²) in [5, 5.41) is 2.77. The third-order valence-electron chi connectivity index (χ3n) is 6.36. The van der Waals surface area contributed by atoms with E-state index in [1.54, 1.807) is 4.90 Å². The average molecular weight is 487 g/mol. The number of ether oxygens (including phenoxy) is 2. The molecule has 2 aliphatic rings. The molecule has 0 unspecified atom stereocenters. The Morgan fingerprint density at radius 1 is 1.09 bits per heavy atom. The van der Waals surface area contributed by atoms with Gasteiger partial charge in [-0.3, -0.25) is 9.69 Å². The van der Waals surface area contributed by atoms with Crippen molar-refractivity contribution in [3.63, 3.8) is 0 Å². The summed E-state index contributed by atoms with van der Waals surface area (Å²) in [6.07, 6.45) is 1.84. The van der Waals surface area contributed by atoms with Crippen molar-refractivity contribution in [2.75, 3.05) is 52.5 Å². The molecule has 0 aliphatic carbocycles. The number of amides is 2. The number of aromatic nitrogens is 1. The summed E-state index contributed by atoms with van der Waals surface area (Å²) in [5.74, 6) is 1.21. The molecular weight excluding hydrogens is 452 g/mol. The maximum absolute atomic E-state index is 12.7. The van der Waals surface area contributed by atoms with E-state index in [-0.39, 0.29) is 12.0 Å². The topological polar surface area (TPSA) is 75.2 Å². The van der Waals surface area contributed by atoms with Gasteiger partial charge in [-0.2, -0.15) is 0 Å². The third-order valence-corrected chi connectivity index (χ3v) is 7.13. The molecule has 0 spiro atoms. The molecular formula is C25H34N4O4S. The molecule has 3 heterocycles. The fourth-order valence-corrected chi connectivity index (χ4v) is 5.06. The SMILES string of the molecule is CCOC(=O)N1CCN(Cc2ccc(OC[C@H]3CCCN(C(=O)c4csc(C)n4)C3)cc2)CC1. The van der Waals surface area contributed by atoms with Gasteiger partial charge in [0.25, 0.3) is 5.91 Å². The molecule has 0 saturated carbocycles. The van der Waals surface area contributed by atoms with Crippen molar-refractivity contribution < 1.29 is 19.1 Å². The first kappa shape index (κ1) is 24.5. The Morgan fingerprint density at radius 2 is 1.85 bits per heavy atom. The summed E-state index contributed by atoms with van der Waals surface area (Å²) >= 11 is 1.51. The summed E-state index contributed by atoms with van der Waals surface area (Å²) in [4.78, 5) is 34.9. The summed E-state index contributed by atoms with van der Waals surface area (Å²) in [6.45, 7) is 10.2. The first-order valence-electron chi connectivity index (χ1n) is 12.1. The highest BCUT2D eigenvalue weighted by molar-refractivity contribution is 7.09. The highest BCUT2D eigenvalue weighted by Crippen LogP contribution is 2.22. The van der Waals surface area contributed by atoms with Gasteiger partial charge in [0, 0.05) is 57.1 Å². The molecule has 1 aromatic carbocycles. The first-order valence-corrected chi connectivity index (χ1v) is 13.0. The maximum atomic E-state index is 12.7. The standard InChI is InChI=1S/C25H34N4O4S/c1-3-32-25(31)28-13-11-27(12-14-28)15-20-6-8-22(9-7-20)33-17-21-5-4-10-29(16-21)24(30)23-18-34-19(2)26-23/h6-9,18,21H,3-5,10-17H2,1-2H3/t21-/m0/s1. The van der Waals surface area contributed by atoms with Crippen molar-refractivity contribution in [3.05, 3.63) is 45.9 Å². The number of likely N-dealkylation sites (tertiary alicyclic amines) is 1. The molecule has 9 heteroatoms. The largest absolute Gasteiger partial charge is 0.493 e. The van der Waals surface area contributed by atoms with Gasteiger partial charge in [0.15, 0.2) is 0 Å². The van der Waals surface area contributed by atoms with E-state index in [4.69, 9.17) is 9.47 Å². The second-order valence-electron chi connectivity index (χ2n) is 8.93. The van der Waals surface area contributed by atoms with Crippen molar-refractivity contribution in [1.29, 1.82) is 0 Å². The van der Waals surface area contributed by atoms with Crippen LogP contribution in [0, 0.1) is 12.8 Å². The average Bonchev–Trinajstić information content (AvgIpc) is 3.30. The molecule has 8 nitrogen and oxygen atoms in total. The van der Waals surface area contributed by atoms with Crippen LogP contribution in [0.2, 0.25) is 0 Å². The summed E-state index contributed by atoms with van der Waals surface area (Å²) in [7, 11) is 0. The smallest absolute Gasteiger partial charge is 0.409 e. The molecule has 1 aromatic heterocycles. The number of hydrogen-bond donors (Lipinski definition) is 0. The van der Waals surface area contributed by atoms with Gasteiger partial charge in [-0.05, 0) is 44.4 Å². The number of piperidine rings is 1. The number of thiazole rings is 1. The van der Waals surface area contributed by atoms with Gasteiger partial charge in [-0.15, -0.1) is 11.3 Å². The predicted molar refractivity (Wildman–Crippen MR) is 131 cm³/mol. The molecule has 1 atom stereocenters. The van der Waals surface area contributed by atoms with Gasteiger partial charge in [0.05, 0.1) is 18.2 Å². The van der Waals surface area contributed by atoms with Gasteiger partial charge in [-0.25, -0.2) is 9.78 Å². The molecule has 0 bridgehead atoms. The summed E-state index contributed by atoms with van der Waals surface area (Å²) in [5.41, 5.74) is 1.78. The van der Waals surface area contributed by atoms with E-state index >= 15 is 0 Å². The number of hydrogen-bond acceptors (Lipinski definition) is 7. The monoisotopic (exact) mass is 486 g/mol. The number of carbonyl (C=O) groups excluding carboxylic acids is 2. The van der Waals surface area contributed by atoms with Crippen molar-refractivity contribution in [2.45, 2.75) is 33.2 Å². The van der Waals surface area contributed by atoms with Crippen LogP contribution >= 0.6 is 11.3 Å². The van der Waals surface area contributed by atoms with Crippen molar-refractivity contribution >= 4 is 23.3 Å². The van der Waals surface area contributed by atoms with Crippen molar-refractivity contribution in [3.8, 4) is 5.75 Å². The van der Waals surface area contributed by atoms with Crippen molar-refractivity contribution in [2.24, 2.45) is 5.92 Å². The Morgan fingerprint density at radius 3 is 2.53 bits per heavy atom. The van der Waals surface area contributed by atoms with Gasteiger partial charge in [-0.1, -0.05) is 12.1 Å². The fraction of sp³-hybridized carbons (Fsp3) is 0.560. The van der Waals surface area contributed by atoms with Crippen LogP contribution in [0.3, 0.4) is 0 Å². The summed E-state index contributed by atoms with van der Waals surface area (Å²) < 4.78 is 11.2. The number of piperazine rings is 1. The first-order chi connectivity index (χ1) is 16.5. The van der Waals surface area contributed by atoms with E-state index in [9.17, 15) is 9.59 Å². The Bertz CT molecular complexity index is 956.